The second-order valence-electron chi connectivity index (χ2n) is 10.5. The van der Waals surface area contributed by atoms with Crippen LogP contribution in [0.4, 0.5) is 4.39 Å². The van der Waals surface area contributed by atoms with E-state index in [1.54, 1.807) is 0 Å². The molecule has 0 radical (unpaired) electrons. The first kappa shape index (κ1) is 22.9. The van der Waals surface area contributed by atoms with E-state index >= 15 is 4.39 Å². The number of nitriles is 1. The average molecular weight is 542 g/mol. The minimum Gasteiger partial charge on any atom is -0.453 e. The largest absolute Gasteiger partial charge is 0.453 e. The van der Waals surface area contributed by atoms with Gasteiger partial charge in [-0.2, -0.15) is 5.26 Å². The third-order valence-electron chi connectivity index (χ3n) is 8.43. The van der Waals surface area contributed by atoms with Crippen LogP contribution in [0.2, 0.25) is 0 Å². The first-order valence-electron chi connectivity index (χ1n) is 13.8. The van der Waals surface area contributed by atoms with Crippen LogP contribution in [0, 0.1) is 17.1 Å². The second kappa shape index (κ2) is 8.33. The van der Waals surface area contributed by atoms with Gasteiger partial charge in [0.1, 0.15) is 22.9 Å². The molecular weight excluding hydrogens is 521 g/mol. The fraction of sp³-hybridized carbons (Fsp3) is 0. The summed E-state index contributed by atoms with van der Waals surface area (Å²) in [5.74, 6) is -0.561. The number of para-hydroxylation sites is 5. The summed E-state index contributed by atoms with van der Waals surface area (Å²) in [6.07, 6.45) is 0. The Morgan fingerprint density at radius 1 is 0.524 bits per heavy atom. The third kappa shape index (κ3) is 2.83. The normalized spacial score (nSPS) is 11.9. The van der Waals surface area contributed by atoms with E-state index in [1.807, 2.05) is 114 Å². The van der Waals surface area contributed by atoms with Gasteiger partial charge >= 0.3 is 0 Å². The Morgan fingerprint density at radius 3 is 1.40 bits per heavy atom. The van der Waals surface area contributed by atoms with Crippen molar-refractivity contribution in [2.24, 2.45) is 0 Å². The van der Waals surface area contributed by atoms with Gasteiger partial charge in [0.25, 0.3) is 0 Å². The topological polar surface area (TPSA) is 46.8 Å². The molecule has 4 nitrogen and oxygen atoms in total. The molecule has 3 aromatic heterocycles. The lowest BCUT2D eigenvalue weighted by atomic mass is 10.0. The van der Waals surface area contributed by atoms with Gasteiger partial charge < -0.3 is 13.6 Å². The summed E-state index contributed by atoms with van der Waals surface area (Å²) in [7, 11) is 0. The van der Waals surface area contributed by atoms with E-state index in [-0.39, 0.29) is 16.8 Å². The molecular formula is C37H20FN3O. The Balaban J connectivity index is 1.59. The molecule has 0 amide bonds. The van der Waals surface area contributed by atoms with Crippen LogP contribution in [0.5, 0.6) is 0 Å². The number of nitrogens with zero attached hydrogens (tertiary/aromatic N) is 3. The average Bonchev–Trinajstić information content (AvgIpc) is 3.70. The van der Waals surface area contributed by atoms with Gasteiger partial charge in [-0.25, -0.2) is 4.39 Å². The number of hydrogen-bond acceptors (Lipinski definition) is 2. The van der Waals surface area contributed by atoms with Gasteiger partial charge in [0.05, 0.1) is 33.1 Å². The summed E-state index contributed by atoms with van der Waals surface area (Å²) in [6.45, 7) is 0. The maximum Gasteiger partial charge on any atom is 0.191 e. The summed E-state index contributed by atoms with van der Waals surface area (Å²) >= 11 is 0. The predicted octanol–water partition coefficient (Wildman–Crippen LogP) is 9.79. The molecule has 0 spiro atoms. The lowest BCUT2D eigenvalue weighted by Crippen LogP contribution is -2.08. The summed E-state index contributed by atoms with van der Waals surface area (Å²) in [5, 5.41) is 16.4. The lowest BCUT2D eigenvalue weighted by Gasteiger charge is -2.18. The Hall–Kier alpha value is -5.86. The van der Waals surface area contributed by atoms with Gasteiger partial charge in [-0.05, 0) is 30.3 Å². The molecule has 9 rings (SSSR count). The van der Waals surface area contributed by atoms with Crippen LogP contribution < -0.4 is 0 Å². The molecule has 3 heterocycles. The van der Waals surface area contributed by atoms with Crippen LogP contribution in [0.25, 0.3) is 76.9 Å². The molecule has 0 aliphatic heterocycles. The van der Waals surface area contributed by atoms with Gasteiger partial charge in [0.15, 0.2) is 11.4 Å². The predicted molar refractivity (Wildman–Crippen MR) is 167 cm³/mol. The Bertz CT molecular complexity index is 2500. The second-order valence-corrected chi connectivity index (χ2v) is 10.5. The maximum atomic E-state index is 17.1. The highest BCUT2D eigenvalue weighted by molar-refractivity contribution is 6.17. The highest BCUT2D eigenvalue weighted by Gasteiger charge is 2.30. The SMILES string of the molecule is N#Cc1c(-n2c3ccccc3c3ccccc32)c(F)c2oc3ccccc3c2c1-n1c2ccccc2c2ccccc21. The van der Waals surface area contributed by atoms with Crippen molar-refractivity contribution in [1.29, 1.82) is 5.26 Å². The Labute approximate surface area is 238 Å². The number of benzene rings is 6. The fourth-order valence-electron chi connectivity index (χ4n) is 6.76. The molecule has 0 N–H and O–H groups in total. The van der Waals surface area contributed by atoms with E-state index in [2.05, 4.69) is 22.8 Å². The van der Waals surface area contributed by atoms with Crippen molar-refractivity contribution in [1.82, 2.24) is 9.13 Å². The molecule has 0 bridgehead atoms. The molecule has 9 aromatic rings. The Morgan fingerprint density at radius 2 is 0.929 bits per heavy atom. The van der Waals surface area contributed by atoms with Gasteiger partial charge in [0.2, 0.25) is 0 Å². The van der Waals surface area contributed by atoms with Crippen molar-refractivity contribution >= 4 is 65.6 Å². The van der Waals surface area contributed by atoms with E-state index in [9.17, 15) is 5.26 Å². The van der Waals surface area contributed by atoms with Crippen LogP contribution in [0.15, 0.2) is 126 Å². The fourth-order valence-corrected chi connectivity index (χ4v) is 6.76. The van der Waals surface area contributed by atoms with Gasteiger partial charge in [-0.15, -0.1) is 0 Å². The van der Waals surface area contributed by atoms with E-state index in [4.69, 9.17) is 4.42 Å². The van der Waals surface area contributed by atoms with Crippen LogP contribution in [0.3, 0.4) is 0 Å². The highest BCUT2D eigenvalue weighted by atomic mass is 19.1. The molecule has 42 heavy (non-hydrogen) atoms. The molecule has 0 saturated heterocycles. The van der Waals surface area contributed by atoms with Gasteiger partial charge in [-0.1, -0.05) is 91.0 Å². The molecule has 0 aliphatic carbocycles. The van der Waals surface area contributed by atoms with E-state index in [0.717, 1.165) is 49.0 Å². The summed E-state index contributed by atoms with van der Waals surface area (Å²) in [6, 6.07) is 42.2. The zero-order chi connectivity index (χ0) is 27.9. The summed E-state index contributed by atoms with van der Waals surface area (Å²) < 4.78 is 27.4. The van der Waals surface area contributed by atoms with Crippen LogP contribution >= 0.6 is 0 Å². The van der Waals surface area contributed by atoms with E-state index in [0.29, 0.717) is 16.7 Å². The first-order valence-corrected chi connectivity index (χ1v) is 13.8. The molecule has 5 heteroatoms. The molecule has 0 unspecified atom stereocenters. The number of hydrogen-bond donors (Lipinski definition) is 0. The van der Waals surface area contributed by atoms with Crippen molar-refractivity contribution in [3.8, 4) is 17.4 Å². The smallest absolute Gasteiger partial charge is 0.191 e. The third-order valence-corrected chi connectivity index (χ3v) is 8.43. The van der Waals surface area contributed by atoms with Crippen LogP contribution in [0.1, 0.15) is 5.56 Å². The van der Waals surface area contributed by atoms with Crippen LogP contribution in [-0.4, -0.2) is 9.13 Å². The molecule has 0 saturated carbocycles. The maximum absolute atomic E-state index is 17.1. The molecule has 0 atom stereocenters. The van der Waals surface area contributed by atoms with Crippen molar-refractivity contribution in [2.45, 2.75) is 0 Å². The minimum absolute atomic E-state index is 0.129. The standard InChI is InChI=1S/C37H20FN3O/c38-34-36(41-30-18-8-3-13-24(30)25-14-4-9-19-31(25)41)27(21-39)35(33-26-15-5-10-20-32(26)42-37(33)34)40-28-16-6-1-11-22(28)23-12-2-7-17-29(23)40/h1-20H. The number of aromatic nitrogens is 2. The zero-order valence-corrected chi connectivity index (χ0v) is 22.2. The monoisotopic (exact) mass is 541 g/mol. The molecule has 196 valence electrons. The molecule has 0 fully saturated rings. The van der Waals surface area contributed by atoms with E-state index < -0.39 is 5.82 Å². The van der Waals surface area contributed by atoms with Crippen molar-refractivity contribution in [2.75, 3.05) is 0 Å². The number of furan rings is 1. The van der Waals surface area contributed by atoms with Crippen molar-refractivity contribution in [3.63, 3.8) is 0 Å². The summed E-state index contributed by atoms with van der Waals surface area (Å²) in [5.41, 5.74) is 5.22. The number of rotatable bonds is 2. The molecule has 0 aliphatic rings. The van der Waals surface area contributed by atoms with Crippen LogP contribution in [-0.2, 0) is 0 Å². The van der Waals surface area contributed by atoms with Gasteiger partial charge in [-0.3, -0.25) is 0 Å². The highest BCUT2D eigenvalue weighted by Crippen LogP contribution is 2.45. The zero-order valence-electron chi connectivity index (χ0n) is 22.2. The molecule has 6 aromatic carbocycles. The Kier molecular flexibility index (Phi) is 4.54. The van der Waals surface area contributed by atoms with E-state index in [1.165, 1.54) is 0 Å². The quantitative estimate of drug-likeness (QED) is 0.219. The number of fused-ring (bicyclic) bond motifs is 9. The minimum atomic E-state index is -0.561. The van der Waals surface area contributed by atoms with Crippen molar-refractivity contribution < 1.29 is 8.81 Å². The lowest BCUT2D eigenvalue weighted by molar-refractivity contribution is 0.579. The van der Waals surface area contributed by atoms with Gasteiger partial charge in [0, 0.05) is 26.9 Å². The van der Waals surface area contributed by atoms with Crippen molar-refractivity contribution in [3.05, 3.63) is 133 Å². The first-order chi connectivity index (χ1) is 20.8. The number of halogens is 1. The summed E-state index contributed by atoms with van der Waals surface area (Å²) in [4.78, 5) is 0.